The number of allylic oxidation sites excluding steroid dienone is 1. The predicted molar refractivity (Wildman–Crippen MR) is 111 cm³/mol. The van der Waals surface area contributed by atoms with Gasteiger partial charge in [0, 0.05) is 27.5 Å². The zero-order valence-electron chi connectivity index (χ0n) is 14.3. The van der Waals surface area contributed by atoms with E-state index < -0.39 is 15.6 Å². The van der Waals surface area contributed by atoms with Crippen LogP contribution in [0, 0.1) is 0 Å². The molecule has 1 aliphatic heterocycles. The lowest BCUT2D eigenvalue weighted by Crippen LogP contribution is -2.25. The third kappa shape index (κ3) is 3.22. The summed E-state index contributed by atoms with van der Waals surface area (Å²) in [4.78, 5) is 14.4. The zero-order valence-corrected chi connectivity index (χ0v) is 16.7. The van der Waals surface area contributed by atoms with Crippen molar-refractivity contribution in [1.82, 2.24) is 0 Å². The van der Waals surface area contributed by atoms with Gasteiger partial charge >= 0.3 is 0 Å². The summed E-state index contributed by atoms with van der Waals surface area (Å²) in [7, 11) is -3.99. The zero-order chi connectivity index (χ0) is 19.9. The van der Waals surface area contributed by atoms with Gasteiger partial charge in [-0.25, -0.2) is 8.42 Å². The number of hydrogen-bond donors (Lipinski definition) is 0. The molecule has 4 nitrogen and oxygen atoms in total. The largest absolute Gasteiger partial charge is 0.314 e. The molecule has 0 radical (unpaired) electrons. The Labute approximate surface area is 172 Å². The molecule has 0 saturated heterocycles. The number of Topliss-reactive ketones (excluding diaryl/α,β-unsaturated/α-hetero) is 1. The lowest BCUT2D eigenvalue weighted by molar-refractivity contribution is 0.104. The molecule has 0 N–H and O–H groups in total. The minimum absolute atomic E-state index is 0.0646. The second-order valence-electron chi connectivity index (χ2n) is 6.15. The third-order valence-corrected chi connectivity index (χ3v) is 6.65. The molecule has 140 valence electrons. The minimum atomic E-state index is -3.99. The van der Waals surface area contributed by atoms with E-state index in [1.807, 2.05) is 0 Å². The second kappa shape index (κ2) is 7.09. The third-order valence-electron chi connectivity index (χ3n) is 4.37. The Bertz CT molecular complexity index is 1220. The van der Waals surface area contributed by atoms with E-state index in [4.69, 9.17) is 23.2 Å². The van der Waals surface area contributed by atoms with Crippen LogP contribution in [0.15, 0.2) is 88.8 Å². The maximum atomic E-state index is 13.2. The van der Waals surface area contributed by atoms with Crippen molar-refractivity contribution in [3.8, 4) is 0 Å². The van der Waals surface area contributed by atoms with E-state index in [1.165, 1.54) is 24.4 Å². The summed E-state index contributed by atoms with van der Waals surface area (Å²) < 4.78 is 26.3. The smallest absolute Gasteiger partial charge is 0.214 e. The topological polar surface area (TPSA) is 54.5 Å². The Morgan fingerprint density at radius 1 is 0.821 bits per heavy atom. The van der Waals surface area contributed by atoms with Gasteiger partial charge in [0.1, 0.15) is 4.91 Å². The van der Waals surface area contributed by atoms with E-state index in [2.05, 4.69) is 0 Å². The number of anilines is 2. The van der Waals surface area contributed by atoms with Gasteiger partial charge in [-0.3, -0.25) is 4.79 Å². The van der Waals surface area contributed by atoms with E-state index in [-0.39, 0.29) is 15.4 Å². The van der Waals surface area contributed by atoms with Gasteiger partial charge in [0.15, 0.2) is 0 Å². The molecular weight excluding hydrogens is 417 g/mol. The first-order valence-corrected chi connectivity index (χ1v) is 10.5. The van der Waals surface area contributed by atoms with Crippen LogP contribution in [0.3, 0.4) is 0 Å². The fraction of sp³-hybridized carbons (Fsp3) is 0. The Morgan fingerprint density at radius 2 is 1.54 bits per heavy atom. The van der Waals surface area contributed by atoms with Gasteiger partial charge in [-0.1, -0.05) is 41.4 Å². The van der Waals surface area contributed by atoms with Crippen LogP contribution in [-0.4, -0.2) is 14.2 Å². The predicted octanol–water partition coefficient (Wildman–Crippen LogP) is 5.64. The molecule has 0 fully saturated rings. The number of halogens is 2. The molecule has 0 atom stereocenters. The van der Waals surface area contributed by atoms with Crippen molar-refractivity contribution in [1.29, 1.82) is 0 Å². The van der Waals surface area contributed by atoms with Gasteiger partial charge in [-0.05, 0) is 54.6 Å². The van der Waals surface area contributed by atoms with Gasteiger partial charge in [-0.15, -0.1) is 0 Å². The lowest BCUT2D eigenvalue weighted by atomic mass is 10.1. The Hall–Kier alpha value is -2.60. The Kier molecular flexibility index (Phi) is 4.75. The SMILES string of the molecule is O=C(C1=CN(c2cccc(Cl)c2)c2ccccc2S1(=O)=O)c1ccc(Cl)cc1. The molecule has 0 unspecified atom stereocenters. The van der Waals surface area contributed by atoms with Crippen LogP contribution >= 0.6 is 23.2 Å². The van der Waals surface area contributed by atoms with E-state index >= 15 is 0 Å². The van der Waals surface area contributed by atoms with Crippen molar-refractivity contribution in [2.24, 2.45) is 0 Å². The summed E-state index contributed by atoms with van der Waals surface area (Å²) in [5.74, 6) is -0.599. The highest BCUT2D eigenvalue weighted by atomic mass is 35.5. The molecule has 0 saturated carbocycles. The van der Waals surface area contributed by atoms with E-state index in [9.17, 15) is 13.2 Å². The van der Waals surface area contributed by atoms with Crippen molar-refractivity contribution >= 4 is 50.2 Å². The number of sulfone groups is 1. The number of hydrogen-bond acceptors (Lipinski definition) is 4. The fourth-order valence-electron chi connectivity index (χ4n) is 3.02. The summed E-state index contributed by atoms with van der Waals surface area (Å²) >= 11 is 12.0. The molecule has 0 aliphatic carbocycles. The highest BCUT2D eigenvalue weighted by molar-refractivity contribution is 7.96. The number of benzene rings is 3. The first-order chi connectivity index (χ1) is 13.4. The van der Waals surface area contributed by atoms with Crippen LogP contribution < -0.4 is 4.90 Å². The van der Waals surface area contributed by atoms with E-state index in [0.29, 0.717) is 21.4 Å². The van der Waals surface area contributed by atoms with Crippen LogP contribution in [0.5, 0.6) is 0 Å². The van der Waals surface area contributed by atoms with Crippen LogP contribution in [0.2, 0.25) is 10.0 Å². The van der Waals surface area contributed by atoms with Crippen LogP contribution in [-0.2, 0) is 9.84 Å². The van der Waals surface area contributed by atoms with Crippen LogP contribution in [0.25, 0.3) is 0 Å². The maximum absolute atomic E-state index is 13.2. The summed E-state index contributed by atoms with van der Waals surface area (Å²) in [5, 5.41) is 0.963. The average Bonchev–Trinajstić information content (AvgIpc) is 2.68. The summed E-state index contributed by atoms with van der Waals surface area (Å²) in [6.45, 7) is 0. The molecular formula is C21H13Cl2NO3S. The molecule has 0 aromatic heterocycles. The van der Waals surface area contributed by atoms with E-state index in [1.54, 1.807) is 59.5 Å². The molecule has 3 aromatic carbocycles. The number of carbonyl (C=O) groups excluding carboxylic acids is 1. The van der Waals surface area contributed by atoms with Crippen molar-refractivity contribution < 1.29 is 13.2 Å². The minimum Gasteiger partial charge on any atom is -0.314 e. The Morgan fingerprint density at radius 3 is 2.25 bits per heavy atom. The number of para-hydroxylation sites is 1. The van der Waals surface area contributed by atoms with Gasteiger partial charge in [-0.2, -0.15) is 0 Å². The standard InChI is InChI=1S/C21H13Cl2NO3S/c22-15-10-8-14(9-11-15)21(25)20-13-24(17-5-3-4-16(23)12-17)18-6-1-2-7-19(18)28(20,26)27/h1-13H. The molecule has 3 aromatic rings. The number of fused-ring (bicyclic) bond motifs is 1. The summed E-state index contributed by atoms with van der Waals surface area (Å²) in [6.07, 6.45) is 1.35. The normalized spacial score (nSPS) is 14.9. The fourth-order valence-corrected chi connectivity index (χ4v) is 4.87. The van der Waals surface area contributed by atoms with Gasteiger partial charge < -0.3 is 4.90 Å². The molecule has 4 rings (SSSR count). The van der Waals surface area contributed by atoms with Crippen LogP contribution in [0.1, 0.15) is 10.4 Å². The number of rotatable bonds is 3. The highest BCUT2D eigenvalue weighted by Gasteiger charge is 2.36. The maximum Gasteiger partial charge on any atom is 0.214 e. The molecule has 0 amide bonds. The molecule has 28 heavy (non-hydrogen) atoms. The summed E-state index contributed by atoms with van der Waals surface area (Å²) in [6, 6.07) is 19.6. The van der Waals surface area contributed by atoms with Crippen molar-refractivity contribution in [2.45, 2.75) is 4.90 Å². The highest BCUT2D eigenvalue weighted by Crippen LogP contribution is 2.40. The molecule has 1 heterocycles. The molecule has 0 bridgehead atoms. The van der Waals surface area contributed by atoms with Crippen LogP contribution in [0.4, 0.5) is 11.4 Å². The first kappa shape index (κ1) is 18.7. The number of nitrogens with zero attached hydrogens (tertiary/aromatic N) is 1. The van der Waals surface area contributed by atoms with Crippen molar-refractivity contribution in [2.75, 3.05) is 4.90 Å². The van der Waals surface area contributed by atoms with E-state index in [0.717, 1.165) is 0 Å². The molecule has 1 aliphatic rings. The second-order valence-corrected chi connectivity index (χ2v) is 8.91. The van der Waals surface area contributed by atoms with Gasteiger partial charge in [0.25, 0.3) is 0 Å². The Balaban J connectivity index is 1.92. The monoisotopic (exact) mass is 429 g/mol. The molecule has 7 heteroatoms. The quantitative estimate of drug-likeness (QED) is 0.505. The summed E-state index contributed by atoms with van der Waals surface area (Å²) in [5.41, 5.74) is 1.35. The average molecular weight is 430 g/mol. The van der Waals surface area contributed by atoms with Crippen molar-refractivity contribution in [3.63, 3.8) is 0 Å². The number of carbonyl (C=O) groups is 1. The lowest BCUT2D eigenvalue weighted by Gasteiger charge is -2.29. The first-order valence-electron chi connectivity index (χ1n) is 8.29. The molecule has 0 spiro atoms. The van der Waals surface area contributed by atoms with Gasteiger partial charge in [0.05, 0.1) is 10.6 Å². The van der Waals surface area contributed by atoms with Crippen molar-refractivity contribution in [3.05, 3.63) is 99.5 Å². The van der Waals surface area contributed by atoms with Gasteiger partial charge in [0.2, 0.25) is 15.6 Å². The number of ketones is 1.